The maximum atomic E-state index is 13.0. The third-order valence-corrected chi connectivity index (χ3v) is 3.56. The van der Waals surface area contributed by atoms with E-state index in [0.29, 0.717) is 18.7 Å². The molecule has 0 aliphatic carbocycles. The summed E-state index contributed by atoms with van der Waals surface area (Å²) < 4.78 is 18.3. The Balaban J connectivity index is 1.42. The van der Waals surface area contributed by atoms with Crippen LogP contribution in [0.1, 0.15) is 5.69 Å². The number of hydrogen-bond acceptors (Lipinski definition) is 3. The largest absolute Gasteiger partial charge is 0.484 e. The molecule has 25 heavy (non-hydrogen) atoms. The van der Waals surface area contributed by atoms with E-state index in [1.165, 1.54) is 18.2 Å². The van der Waals surface area contributed by atoms with Crippen LogP contribution in [0.15, 0.2) is 60.8 Å². The van der Waals surface area contributed by atoms with Crippen LogP contribution in [0, 0.1) is 5.82 Å². The fourth-order valence-corrected chi connectivity index (χ4v) is 2.32. The van der Waals surface area contributed by atoms with Gasteiger partial charge in [-0.1, -0.05) is 36.4 Å². The highest BCUT2D eigenvalue weighted by Crippen LogP contribution is 2.14. The number of carbonyl (C=O) groups is 1. The van der Waals surface area contributed by atoms with Gasteiger partial charge in [-0.3, -0.25) is 4.79 Å². The monoisotopic (exact) mass is 339 g/mol. The van der Waals surface area contributed by atoms with Gasteiger partial charge >= 0.3 is 0 Å². The third kappa shape index (κ3) is 4.91. The van der Waals surface area contributed by atoms with Crippen molar-refractivity contribution in [1.82, 2.24) is 15.3 Å². The number of H-pyrrole nitrogens is 1. The molecule has 0 radical (unpaired) electrons. The lowest BCUT2D eigenvalue weighted by Gasteiger charge is -2.07. The fraction of sp³-hybridized carbons (Fsp3) is 0.158. The molecule has 0 saturated carbocycles. The van der Waals surface area contributed by atoms with Gasteiger partial charge < -0.3 is 15.0 Å². The van der Waals surface area contributed by atoms with E-state index >= 15 is 0 Å². The minimum Gasteiger partial charge on any atom is -0.484 e. The van der Waals surface area contributed by atoms with Crippen LogP contribution in [0.25, 0.3) is 11.4 Å². The average Bonchev–Trinajstić information content (AvgIpc) is 3.10. The van der Waals surface area contributed by atoms with Gasteiger partial charge in [0.15, 0.2) is 6.61 Å². The van der Waals surface area contributed by atoms with Crippen molar-refractivity contribution in [2.24, 2.45) is 0 Å². The van der Waals surface area contributed by atoms with Crippen LogP contribution >= 0.6 is 0 Å². The second-order valence-corrected chi connectivity index (χ2v) is 5.47. The van der Waals surface area contributed by atoms with Gasteiger partial charge in [-0.15, -0.1) is 0 Å². The molecule has 0 fully saturated rings. The van der Waals surface area contributed by atoms with Crippen molar-refractivity contribution in [3.63, 3.8) is 0 Å². The molecular formula is C19H18FN3O2. The van der Waals surface area contributed by atoms with Gasteiger partial charge in [-0.05, 0) is 12.1 Å². The summed E-state index contributed by atoms with van der Waals surface area (Å²) in [4.78, 5) is 19.3. The van der Waals surface area contributed by atoms with E-state index in [9.17, 15) is 9.18 Å². The van der Waals surface area contributed by atoms with Crippen LogP contribution in [-0.4, -0.2) is 29.0 Å². The zero-order valence-electron chi connectivity index (χ0n) is 13.5. The molecule has 5 nitrogen and oxygen atoms in total. The maximum Gasteiger partial charge on any atom is 0.257 e. The van der Waals surface area contributed by atoms with Crippen LogP contribution in [-0.2, 0) is 11.2 Å². The summed E-state index contributed by atoms with van der Waals surface area (Å²) in [7, 11) is 0. The third-order valence-electron chi connectivity index (χ3n) is 3.56. The van der Waals surface area contributed by atoms with E-state index in [-0.39, 0.29) is 12.5 Å². The number of imidazole rings is 1. The summed E-state index contributed by atoms with van der Waals surface area (Å²) in [5.74, 6) is 0.478. The van der Waals surface area contributed by atoms with Crippen molar-refractivity contribution >= 4 is 5.91 Å². The molecule has 1 amide bonds. The zero-order chi connectivity index (χ0) is 17.5. The highest BCUT2D eigenvalue weighted by molar-refractivity contribution is 5.77. The van der Waals surface area contributed by atoms with Crippen molar-refractivity contribution in [3.8, 4) is 17.1 Å². The number of rotatable bonds is 7. The molecule has 0 bridgehead atoms. The summed E-state index contributed by atoms with van der Waals surface area (Å²) >= 11 is 0. The molecule has 3 aromatic rings. The predicted molar refractivity (Wildman–Crippen MR) is 92.6 cm³/mol. The molecule has 0 aliphatic heterocycles. The molecule has 2 N–H and O–H groups in total. The van der Waals surface area contributed by atoms with E-state index in [0.717, 1.165) is 17.1 Å². The summed E-state index contributed by atoms with van der Waals surface area (Å²) in [5, 5.41) is 2.76. The van der Waals surface area contributed by atoms with Crippen LogP contribution < -0.4 is 10.1 Å². The molecule has 0 atom stereocenters. The SMILES string of the molecule is O=C(COc1cccc(F)c1)NCCc1cnc(-c2ccccc2)[nH]1. The van der Waals surface area contributed by atoms with Gasteiger partial charge in [0.05, 0.1) is 0 Å². The van der Waals surface area contributed by atoms with Gasteiger partial charge in [-0.2, -0.15) is 0 Å². The van der Waals surface area contributed by atoms with E-state index in [2.05, 4.69) is 15.3 Å². The standard InChI is InChI=1S/C19H18FN3O2/c20-15-7-4-8-17(11-15)25-13-18(24)21-10-9-16-12-22-19(23-16)14-5-2-1-3-6-14/h1-8,11-12H,9-10,13H2,(H,21,24)(H,22,23). The molecule has 0 aliphatic rings. The van der Waals surface area contributed by atoms with Crippen LogP contribution in [0.3, 0.4) is 0 Å². The van der Waals surface area contributed by atoms with Gasteiger partial charge in [0.25, 0.3) is 5.91 Å². The molecule has 3 rings (SSSR count). The van der Waals surface area contributed by atoms with Gasteiger partial charge in [0.2, 0.25) is 0 Å². The van der Waals surface area contributed by atoms with Crippen molar-refractivity contribution in [3.05, 3.63) is 72.3 Å². The van der Waals surface area contributed by atoms with Crippen molar-refractivity contribution in [2.45, 2.75) is 6.42 Å². The maximum absolute atomic E-state index is 13.0. The Morgan fingerprint density at radius 1 is 1.16 bits per heavy atom. The van der Waals surface area contributed by atoms with Crippen LogP contribution in [0.5, 0.6) is 5.75 Å². The lowest BCUT2D eigenvalue weighted by Crippen LogP contribution is -2.30. The van der Waals surface area contributed by atoms with E-state index < -0.39 is 5.82 Å². The zero-order valence-corrected chi connectivity index (χ0v) is 13.5. The molecule has 0 saturated heterocycles. The number of halogens is 1. The molecular weight excluding hydrogens is 321 g/mol. The normalized spacial score (nSPS) is 10.4. The minimum atomic E-state index is -0.397. The molecule has 0 spiro atoms. The first kappa shape index (κ1) is 16.7. The van der Waals surface area contributed by atoms with Gasteiger partial charge in [0, 0.05) is 36.5 Å². The first-order chi connectivity index (χ1) is 12.2. The topological polar surface area (TPSA) is 67.0 Å². The minimum absolute atomic E-state index is 0.151. The number of aromatic nitrogens is 2. The number of ether oxygens (including phenoxy) is 1. The molecule has 128 valence electrons. The van der Waals surface area contributed by atoms with Crippen molar-refractivity contribution in [2.75, 3.05) is 13.2 Å². The highest BCUT2D eigenvalue weighted by atomic mass is 19.1. The van der Waals surface area contributed by atoms with E-state index in [1.807, 2.05) is 30.3 Å². The Kier molecular flexibility index (Phi) is 5.41. The van der Waals surface area contributed by atoms with Crippen molar-refractivity contribution in [1.29, 1.82) is 0 Å². The van der Waals surface area contributed by atoms with Gasteiger partial charge in [-0.25, -0.2) is 9.37 Å². The lowest BCUT2D eigenvalue weighted by atomic mass is 10.2. The Bertz CT molecular complexity index is 833. The molecule has 6 heteroatoms. The van der Waals surface area contributed by atoms with E-state index in [1.54, 1.807) is 12.3 Å². The number of amides is 1. The first-order valence-electron chi connectivity index (χ1n) is 7.95. The number of nitrogens with zero attached hydrogens (tertiary/aromatic N) is 1. The Hall–Kier alpha value is -3.15. The van der Waals surface area contributed by atoms with Crippen LogP contribution in [0.4, 0.5) is 4.39 Å². The Morgan fingerprint density at radius 3 is 2.80 bits per heavy atom. The number of nitrogens with one attached hydrogen (secondary N) is 2. The summed E-state index contributed by atoms with van der Waals surface area (Å²) in [6.45, 7) is 0.309. The summed E-state index contributed by atoms with van der Waals surface area (Å²) in [6.07, 6.45) is 2.39. The quantitative estimate of drug-likeness (QED) is 0.695. The predicted octanol–water partition coefficient (Wildman–Crippen LogP) is 2.95. The van der Waals surface area contributed by atoms with Crippen molar-refractivity contribution < 1.29 is 13.9 Å². The lowest BCUT2D eigenvalue weighted by molar-refractivity contribution is -0.123. The summed E-state index contributed by atoms with van der Waals surface area (Å²) in [5.41, 5.74) is 1.95. The summed E-state index contributed by atoms with van der Waals surface area (Å²) in [6, 6.07) is 15.5. The fourth-order valence-electron chi connectivity index (χ4n) is 2.32. The Labute approximate surface area is 144 Å². The first-order valence-corrected chi connectivity index (χ1v) is 7.95. The number of hydrogen-bond donors (Lipinski definition) is 2. The number of benzene rings is 2. The average molecular weight is 339 g/mol. The second kappa shape index (κ2) is 8.10. The van der Waals surface area contributed by atoms with Crippen LogP contribution in [0.2, 0.25) is 0 Å². The van der Waals surface area contributed by atoms with E-state index in [4.69, 9.17) is 4.74 Å². The smallest absolute Gasteiger partial charge is 0.257 e. The second-order valence-electron chi connectivity index (χ2n) is 5.47. The number of aromatic amines is 1. The molecule has 2 aromatic carbocycles. The number of carbonyl (C=O) groups excluding carboxylic acids is 1. The van der Waals surface area contributed by atoms with Gasteiger partial charge in [0.1, 0.15) is 17.4 Å². The molecule has 0 unspecified atom stereocenters. The molecule has 1 aromatic heterocycles. The molecule has 1 heterocycles. The highest BCUT2D eigenvalue weighted by Gasteiger charge is 2.06. The Morgan fingerprint density at radius 2 is 2.00 bits per heavy atom.